The molecule has 28 heavy (non-hydrogen) atoms. The predicted octanol–water partition coefficient (Wildman–Crippen LogP) is 2.68. The second kappa shape index (κ2) is 7.85. The van der Waals surface area contributed by atoms with Crippen LogP contribution < -0.4 is 16.6 Å². The maximum Gasteiger partial charge on any atom is 0.318 e. The van der Waals surface area contributed by atoms with E-state index in [1.165, 1.54) is 4.57 Å². The van der Waals surface area contributed by atoms with E-state index < -0.39 is 17.2 Å². The predicted molar refractivity (Wildman–Crippen MR) is 110 cm³/mol. The Hall–Kier alpha value is -3.13. The third-order valence-corrected chi connectivity index (χ3v) is 5.16. The number of nitrogens with one attached hydrogen (secondary N) is 1. The summed E-state index contributed by atoms with van der Waals surface area (Å²) >= 11 is 1.09. The first-order chi connectivity index (χ1) is 13.3. The van der Waals surface area contributed by atoms with Gasteiger partial charge in [0.05, 0.1) is 21.8 Å². The standard InChI is InChI=1S/C20H20N4O3S/c1-11-8-12(2)10-14(9-11)24-18(26)15-6-4-5-7-16(15)22-20(24)28-13(3)17(25)23-19(21)27/h4-10,13H,1-3H3,(H3,21,23,25,27)/t13-/m0/s1. The second-order valence-corrected chi connectivity index (χ2v) is 7.82. The molecular formula is C20H20N4O3S. The van der Waals surface area contributed by atoms with Gasteiger partial charge in [-0.25, -0.2) is 9.78 Å². The minimum atomic E-state index is -0.921. The van der Waals surface area contributed by atoms with Crippen LogP contribution in [0.4, 0.5) is 4.79 Å². The summed E-state index contributed by atoms with van der Waals surface area (Å²) in [6, 6.07) is 11.9. The number of amides is 3. The number of fused-ring (bicyclic) bond motifs is 1. The van der Waals surface area contributed by atoms with Crippen molar-refractivity contribution in [2.75, 3.05) is 0 Å². The maximum absolute atomic E-state index is 13.2. The highest BCUT2D eigenvalue weighted by molar-refractivity contribution is 8.00. The molecule has 0 unspecified atom stereocenters. The van der Waals surface area contributed by atoms with Crippen LogP contribution in [0.25, 0.3) is 16.6 Å². The molecule has 0 aliphatic carbocycles. The summed E-state index contributed by atoms with van der Waals surface area (Å²) in [4.78, 5) is 40.9. The summed E-state index contributed by atoms with van der Waals surface area (Å²) in [5.74, 6) is -0.549. The smallest absolute Gasteiger partial charge is 0.318 e. The lowest BCUT2D eigenvalue weighted by Gasteiger charge is -2.16. The van der Waals surface area contributed by atoms with Crippen LogP contribution in [0.5, 0.6) is 0 Å². The molecule has 7 nitrogen and oxygen atoms in total. The van der Waals surface area contributed by atoms with Crippen LogP contribution in [-0.4, -0.2) is 26.7 Å². The van der Waals surface area contributed by atoms with Crippen LogP contribution in [0.3, 0.4) is 0 Å². The number of aromatic nitrogens is 2. The van der Waals surface area contributed by atoms with Crippen LogP contribution in [0.2, 0.25) is 0 Å². The van der Waals surface area contributed by atoms with Crippen LogP contribution in [-0.2, 0) is 4.79 Å². The van der Waals surface area contributed by atoms with E-state index in [0.29, 0.717) is 21.7 Å². The second-order valence-electron chi connectivity index (χ2n) is 6.51. The number of rotatable bonds is 4. The molecule has 0 spiro atoms. The van der Waals surface area contributed by atoms with Gasteiger partial charge in [0.2, 0.25) is 5.91 Å². The molecule has 2 aromatic carbocycles. The van der Waals surface area contributed by atoms with Gasteiger partial charge in [-0.3, -0.25) is 19.5 Å². The fraction of sp³-hybridized carbons (Fsp3) is 0.200. The van der Waals surface area contributed by atoms with Gasteiger partial charge in [-0.15, -0.1) is 0 Å². The average molecular weight is 396 g/mol. The highest BCUT2D eigenvalue weighted by atomic mass is 32.2. The van der Waals surface area contributed by atoms with Gasteiger partial charge >= 0.3 is 6.03 Å². The first-order valence-electron chi connectivity index (χ1n) is 8.63. The lowest BCUT2D eigenvalue weighted by molar-refractivity contribution is -0.119. The van der Waals surface area contributed by atoms with Gasteiger partial charge in [-0.2, -0.15) is 0 Å². The molecule has 0 radical (unpaired) electrons. The molecule has 0 aliphatic rings. The number of para-hydroxylation sites is 1. The molecule has 1 heterocycles. The van der Waals surface area contributed by atoms with Crippen LogP contribution in [0.15, 0.2) is 52.4 Å². The van der Waals surface area contributed by atoms with Gasteiger partial charge in [-0.05, 0) is 56.2 Å². The van der Waals surface area contributed by atoms with Crippen molar-refractivity contribution >= 4 is 34.6 Å². The Bertz CT molecular complexity index is 1120. The van der Waals surface area contributed by atoms with Crippen molar-refractivity contribution in [3.63, 3.8) is 0 Å². The summed E-state index contributed by atoms with van der Waals surface area (Å²) in [5, 5.41) is 2.22. The zero-order valence-electron chi connectivity index (χ0n) is 15.7. The van der Waals surface area contributed by atoms with Crippen molar-refractivity contribution in [2.45, 2.75) is 31.2 Å². The third-order valence-electron chi connectivity index (χ3n) is 4.11. The summed E-state index contributed by atoms with van der Waals surface area (Å²) < 4.78 is 1.50. The number of urea groups is 1. The molecule has 0 saturated carbocycles. The highest BCUT2D eigenvalue weighted by Gasteiger charge is 2.21. The van der Waals surface area contributed by atoms with Gasteiger partial charge in [0.15, 0.2) is 5.16 Å². The number of aryl methyl sites for hydroxylation is 2. The van der Waals surface area contributed by atoms with Crippen LogP contribution >= 0.6 is 11.8 Å². The fourth-order valence-corrected chi connectivity index (χ4v) is 3.86. The van der Waals surface area contributed by atoms with Crippen molar-refractivity contribution < 1.29 is 9.59 Å². The number of imide groups is 1. The normalized spacial score (nSPS) is 12.0. The number of hydrogen-bond donors (Lipinski definition) is 2. The Balaban J connectivity index is 2.18. The number of primary amides is 1. The van der Waals surface area contributed by atoms with Gasteiger partial charge in [0, 0.05) is 0 Å². The number of nitrogens with two attached hydrogens (primary N) is 1. The minimum absolute atomic E-state index is 0.222. The molecule has 3 rings (SSSR count). The molecule has 0 aliphatic heterocycles. The van der Waals surface area contributed by atoms with E-state index in [0.717, 1.165) is 22.9 Å². The van der Waals surface area contributed by atoms with Crippen LogP contribution in [0, 0.1) is 13.8 Å². The number of thioether (sulfide) groups is 1. The van der Waals surface area contributed by atoms with E-state index in [9.17, 15) is 14.4 Å². The van der Waals surface area contributed by atoms with Gasteiger partial charge in [0.1, 0.15) is 0 Å². The summed E-state index contributed by atoms with van der Waals surface area (Å²) in [5.41, 5.74) is 8.03. The monoisotopic (exact) mass is 396 g/mol. The Labute approximate surface area is 166 Å². The topological polar surface area (TPSA) is 107 Å². The minimum Gasteiger partial charge on any atom is -0.351 e. The first kappa shape index (κ1) is 19.6. The molecule has 0 fully saturated rings. The van der Waals surface area contributed by atoms with Gasteiger partial charge in [-0.1, -0.05) is 30.0 Å². The van der Waals surface area contributed by atoms with E-state index in [1.807, 2.05) is 32.0 Å². The van der Waals surface area contributed by atoms with Crippen molar-refractivity contribution in [2.24, 2.45) is 5.73 Å². The molecule has 1 aromatic heterocycles. The Morgan fingerprint density at radius 2 is 1.79 bits per heavy atom. The molecule has 3 amide bonds. The highest BCUT2D eigenvalue weighted by Crippen LogP contribution is 2.26. The van der Waals surface area contributed by atoms with Crippen molar-refractivity contribution in [3.05, 3.63) is 63.9 Å². The first-order valence-corrected chi connectivity index (χ1v) is 9.51. The number of carbonyl (C=O) groups excluding carboxylic acids is 2. The zero-order valence-corrected chi connectivity index (χ0v) is 16.5. The van der Waals surface area contributed by atoms with E-state index in [4.69, 9.17) is 5.73 Å². The molecule has 1 atom stereocenters. The molecule has 0 saturated heterocycles. The SMILES string of the molecule is Cc1cc(C)cc(-n2c(S[C@@H](C)C(=O)NC(N)=O)nc3ccccc3c2=O)c1. The molecular weight excluding hydrogens is 376 g/mol. The van der Waals surface area contributed by atoms with Gasteiger partial charge < -0.3 is 5.73 Å². The lowest BCUT2D eigenvalue weighted by atomic mass is 10.1. The number of benzene rings is 2. The molecule has 144 valence electrons. The summed E-state index contributed by atoms with van der Waals surface area (Å²) in [6.07, 6.45) is 0. The third kappa shape index (κ3) is 4.07. The quantitative estimate of drug-likeness (QED) is 0.521. The van der Waals surface area contributed by atoms with E-state index in [1.54, 1.807) is 31.2 Å². The molecule has 3 N–H and O–H groups in total. The maximum atomic E-state index is 13.2. The number of carbonyl (C=O) groups is 2. The lowest BCUT2D eigenvalue weighted by Crippen LogP contribution is -2.39. The Morgan fingerprint density at radius 1 is 1.14 bits per heavy atom. The number of hydrogen-bond acceptors (Lipinski definition) is 5. The summed E-state index contributed by atoms with van der Waals surface area (Å²) in [7, 11) is 0. The zero-order chi connectivity index (χ0) is 20.4. The Kier molecular flexibility index (Phi) is 5.51. The molecule has 8 heteroatoms. The van der Waals surface area contributed by atoms with E-state index in [2.05, 4.69) is 10.3 Å². The average Bonchev–Trinajstić information content (AvgIpc) is 2.60. The Morgan fingerprint density at radius 3 is 2.43 bits per heavy atom. The largest absolute Gasteiger partial charge is 0.351 e. The molecule has 3 aromatic rings. The summed E-state index contributed by atoms with van der Waals surface area (Å²) in [6.45, 7) is 5.52. The van der Waals surface area contributed by atoms with Crippen molar-refractivity contribution in [3.8, 4) is 5.69 Å². The van der Waals surface area contributed by atoms with E-state index >= 15 is 0 Å². The van der Waals surface area contributed by atoms with Crippen molar-refractivity contribution in [1.29, 1.82) is 0 Å². The fourth-order valence-electron chi connectivity index (χ4n) is 2.93. The van der Waals surface area contributed by atoms with E-state index in [-0.39, 0.29) is 5.56 Å². The van der Waals surface area contributed by atoms with Crippen LogP contribution in [0.1, 0.15) is 18.1 Å². The number of nitrogens with zero attached hydrogens (tertiary/aromatic N) is 2. The van der Waals surface area contributed by atoms with Crippen molar-refractivity contribution in [1.82, 2.24) is 14.9 Å². The van der Waals surface area contributed by atoms with Gasteiger partial charge in [0.25, 0.3) is 5.56 Å². The molecule has 0 bridgehead atoms.